The van der Waals surface area contributed by atoms with Gasteiger partial charge in [0.2, 0.25) is 0 Å². The van der Waals surface area contributed by atoms with Crippen LogP contribution in [0.15, 0.2) is 58.4 Å². The van der Waals surface area contributed by atoms with Crippen LogP contribution < -0.4 is 5.32 Å². The number of benzene rings is 2. The number of nitrogens with one attached hydrogen (secondary N) is 1. The molecule has 0 saturated carbocycles. The second-order valence-corrected chi connectivity index (χ2v) is 7.36. The molecule has 0 aliphatic carbocycles. The van der Waals surface area contributed by atoms with Crippen molar-refractivity contribution in [3.8, 4) is 0 Å². The first kappa shape index (κ1) is 14.6. The molecular weight excluding hydrogens is 342 g/mol. The lowest BCUT2D eigenvalue weighted by Crippen LogP contribution is -2.15. The predicted molar refractivity (Wildman–Crippen MR) is 97.2 cm³/mol. The SMILES string of the molecule is CC(C)C(Nc1ccc(Br)c2ccccc12)c1cccs1. The van der Waals surface area contributed by atoms with Crippen molar-refractivity contribution in [1.82, 2.24) is 0 Å². The third-order valence-corrected chi connectivity index (χ3v) is 5.35. The summed E-state index contributed by atoms with van der Waals surface area (Å²) in [6.45, 7) is 4.52. The van der Waals surface area contributed by atoms with Crippen LogP contribution in [0, 0.1) is 5.92 Å². The van der Waals surface area contributed by atoms with Crippen LogP contribution in [-0.2, 0) is 0 Å². The van der Waals surface area contributed by atoms with Gasteiger partial charge in [-0.1, -0.05) is 60.1 Å². The van der Waals surface area contributed by atoms with Crippen LogP contribution in [0.4, 0.5) is 5.69 Å². The number of thiophene rings is 1. The van der Waals surface area contributed by atoms with Gasteiger partial charge in [-0.15, -0.1) is 11.3 Å². The van der Waals surface area contributed by atoms with Gasteiger partial charge in [0, 0.05) is 20.4 Å². The molecule has 1 N–H and O–H groups in total. The van der Waals surface area contributed by atoms with Gasteiger partial charge in [-0.3, -0.25) is 0 Å². The summed E-state index contributed by atoms with van der Waals surface area (Å²) in [5.74, 6) is 0.533. The lowest BCUT2D eigenvalue weighted by molar-refractivity contribution is 0.554. The molecule has 0 spiro atoms. The number of fused-ring (bicyclic) bond motifs is 1. The molecule has 3 aromatic rings. The van der Waals surface area contributed by atoms with Gasteiger partial charge in [-0.05, 0) is 34.9 Å². The van der Waals surface area contributed by atoms with Crippen LogP contribution in [0.1, 0.15) is 24.8 Å². The molecule has 3 rings (SSSR count). The first-order valence-electron chi connectivity index (χ1n) is 7.14. The highest BCUT2D eigenvalue weighted by Crippen LogP contribution is 2.35. The fraction of sp³-hybridized carbons (Fsp3) is 0.222. The average molecular weight is 360 g/mol. The molecule has 0 fully saturated rings. The maximum Gasteiger partial charge on any atom is 0.0629 e. The fourth-order valence-corrected chi connectivity index (χ4v) is 4.02. The average Bonchev–Trinajstić information content (AvgIpc) is 3.00. The van der Waals surface area contributed by atoms with Gasteiger partial charge in [0.15, 0.2) is 0 Å². The summed E-state index contributed by atoms with van der Waals surface area (Å²) in [6, 6.07) is 17.5. The van der Waals surface area contributed by atoms with Crippen LogP contribution in [0.3, 0.4) is 0 Å². The Morgan fingerprint density at radius 2 is 1.71 bits per heavy atom. The van der Waals surface area contributed by atoms with Crippen molar-refractivity contribution >= 4 is 43.7 Å². The van der Waals surface area contributed by atoms with E-state index in [2.05, 4.69) is 89.0 Å². The minimum Gasteiger partial charge on any atom is -0.377 e. The lowest BCUT2D eigenvalue weighted by atomic mass is 10.0. The van der Waals surface area contributed by atoms with Gasteiger partial charge in [0.1, 0.15) is 0 Å². The maximum absolute atomic E-state index is 3.74. The molecule has 2 aromatic carbocycles. The van der Waals surface area contributed by atoms with Gasteiger partial charge in [-0.25, -0.2) is 0 Å². The second kappa shape index (κ2) is 6.20. The van der Waals surface area contributed by atoms with Crippen LogP contribution in [-0.4, -0.2) is 0 Å². The van der Waals surface area contributed by atoms with Crippen LogP contribution >= 0.6 is 27.3 Å². The molecule has 0 aliphatic rings. The first-order chi connectivity index (χ1) is 10.2. The predicted octanol–water partition coefficient (Wildman–Crippen LogP) is 6.47. The zero-order valence-corrected chi connectivity index (χ0v) is 14.5. The molecule has 0 bridgehead atoms. The minimum atomic E-state index is 0.342. The summed E-state index contributed by atoms with van der Waals surface area (Å²) in [4.78, 5) is 1.39. The van der Waals surface area contributed by atoms with E-state index in [4.69, 9.17) is 0 Å². The van der Waals surface area contributed by atoms with E-state index in [0.717, 1.165) is 4.47 Å². The van der Waals surface area contributed by atoms with Gasteiger partial charge in [0.25, 0.3) is 0 Å². The van der Waals surface area contributed by atoms with E-state index in [1.165, 1.54) is 21.3 Å². The second-order valence-electron chi connectivity index (χ2n) is 5.52. The monoisotopic (exact) mass is 359 g/mol. The third-order valence-electron chi connectivity index (χ3n) is 3.70. The number of rotatable bonds is 4. The van der Waals surface area contributed by atoms with E-state index in [0.29, 0.717) is 12.0 Å². The molecule has 3 heteroatoms. The Hall–Kier alpha value is -1.32. The summed E-state index contributed by atoms with van der Waals surface area (Å²) in [7, 11) is 0. The van der Waals surface area contributed by atoms with Gasteiger partial charge in [-0.2, -0.15) is 0 Å². The van der Waals surface area contributed by atoms with Crippen molar-refractivity contribution in [3.63, 3.8) is 0 Å². The van der Waals surface area contributed by atoms with E-state index in [1.807, 2.05) is 11.3 Å². The molecule has 1 atom stereocenters. The zero-order chi connectivity index (χ0) is 14.8. The van der Waals surface area contributed by atoms with E-state index in [9.17, 15) is 0 Å². The summed E-state index contributed by atoms with van der Waals surface area (Å²) < 4.78 is 1.14. The highest BCUT2D eigenvalue weighted by atomic mass is 79.9. The lowest BCUT2D eigenvalue weighted by Gasteiger charge is -2.23. The largest absolute Gasteiger partial charge is 0.377 e. The van der Waals surface area contributed by atoms with Gasteiger partial charge < -0.3 is 5.32 Å². The van der Waals surface area contributed by atoms with E-state index >= 15 is 0 Å². The molecule has 0 radical (unpaired) electrons. The van der Waals surface area contributed by atoms with Crippen molar-refractivity contribution in [1.29, 1.82) is 0 Å². The number of hydrogen-bond donors (Lipinski definition) is 1. The Morgan fingerprint density at radius 3 is 2.38 bits per heavy atom. The summed E-state index contributed by atoms with van der Waals surface area (Å²) in [5, 5.41) is 8.39. The molecule has 0 saturated heterocycles. The molecule has 108 valence electrons. The van der Waals surface area contributed by atoms with Crippen molar-refractivity contribution in [2.24, 2.45) is 5.92 Å². The number of halogens is 1. The van der Waals surface area contributed by atoms with E-state index in [1.54, 1.807) is 0 Å². The number of anilines is 1. The number of hydrogen-bond acceptors (Lipinski definition) is 2. The normalized spacial score (nSPS) is 12.8. The molecule has 1 aromatic heterocycles. The van der Waals surface area contributed by atoms with Crippen molar-refractivity contribution in [2.75, 3.05) is 5.32 Å². The summed E-state index contributed by atoms with van der Waals surface area (Å²) in [5.41, 5.74) is 1.20. The minimum absolute atomic E-state index is 0.342. The molecule has 0 amide bonds. The summed E-state index contributed by atoms with van der Waals surface area (Å²) >= 11 is 5.45. The van der Waals surface area contributed by atoms with E-state index < -0.39 is 0 Å². The molecule has 0 aliphatic heterocycles. The molecule has 21 heavy (non-hydrogen) atoms. The molecule has 1 heterocycles. The maximum atomic E-state index is 3.74. The zero-order valence-electron chi connectivity index (χ0n) is 12.1. The fourth-order valence-electron chi connectivity index (χ4n) is 2.59. The smallest absolute Gasteiger partial charge is 0.0629 e. The topological polar surface area (TPSA) is 12.0 Å². The Kier molecular flexibility index (Phi) is 4.32. The van der Waals surface area contributed by atoms with Crippen LogP contribution in [0.5, 0.6) is 0 Å². The first-order valence-corrected chi connectivity index (χ1v) is 8.81. The Labute approximate surface area is 138 Å². The molecule has 1 nitrogen and oxygen atoms in total. The summed E-state index contributed by atoms with van der Waals surface area (Å²) in [6.07, 6.45) is 0. The third kappa shape index (κ3) is 2.99. The van der Waals surface area contributed by atoms with Crippen LogP contribution in [0.25, 0.3) is 10.8 Å². The van der Waals surface area contributed by atoms with Crippen LogP contribution in [0.2, 0.25) is 0 Å². The standard InChI is InChI=1S/C18H18BrNS/c1-12(2)18(17-8-5-11-21-17)20-16-10-9-15(19)13-6-3-4-7-14(13)16/h3-12,18,20H,1-2H3. The Bertz CT molecular complexity index is 734. The van der Waals surface area contributed by atoms with Gasteiger partial charge >= 0.3 is 0 Å². The Balaban J connectivity index is 2.03. The Morgan fingerprint density at radius 1 is 0.952 bits per heavy atom. The highest BCUT2D eigenvalue weighted by Gasteiger charge is 2.17. The van der Waals surface area contributed by atoms with Crippen molar-refractivity contribution in [2.45, 2.75) is 19.9 Å². The van der Waals surface area contributed by atoms with Crippen molar-refractivity contribution < 1.29 is 0 Å². The van der Waals surface area contributed by atoms with Gasteiger partial charge in [0.05, 0.1) is 6.04 Å². The molecule has 1 unspecified atom stereocenters. The van der Waals surface area contributed by atoms with Crippen molar-refractivity contribution in [3.05, 3.63) is 63.3 Å². The quantitative estimate of drug-likeness (QED) is 0.562. The molecular formula is C18H18BrNS. The van der Waals surface area contributed by atoms with E-state index in [-0.39, 0.29) is 0 Å². The highest BCUT2D eigenvalue weighted by molar-refractivity contribution is 9.10.